The first-order valence-corrected chi connectivity index (χ1v) is 6.42. The van der Waals surface area contributed by atoms with Gasteiger partial charge in [0.25, 0.3) is 0 Å². The van der Waals surface area contributed by atoms with Crippen LogP contribution in [0, 0.1) is 5.92 Å². The van der Waals surface area contributed by atoms with Gasteiger partial charge in [-0.2, -0.15) is 0 Å². The SMILES string of the molecule is O=C(O)c1nnn(CCC2CCC2)c1C1CC1. The molecule has 0 atom stereocenters. The van der Waals surface area contributed by atoms with E-state index in [9.17, 15) is 4.79 Å². The molecule has 92 valence electrons. The van der Waals surface area contributed by atoms with Gasteiger partial charge in [0.2, 0.25) is 0 Å². The van der Waals surface area contributed by atoms with Crippen LogP contribution in [0.25, 0.3) is 0 Å². The van der Waals surface area contributed by atoms with E-state index >= 15 is 0 Å². The van der Waals surface area contributed by atoms with Gasteiger partial charge in [-0.3, -0.25) is 0 Å². The molecule has 0 radical (unpaired) electrons. The highest BCUT2D eigenvalue weighted by Crippen LogP contribution is 2.41. The number of hydrogen-bond acceptors (Lipinski definition) is 3. The van der Waals surface area contributed by atoms with E-state index in [2.05, 4.69) is 10.3 Å². The van der Waals surface area contributed by atoms with Gasteiger partial charge >= 0.3 is 5.97 Å². The van der Waals surface area contributed by atoms with Gasteiger partial charge in [0.05, 0.1) is 5.69 Å². The molecule has 2 saturated carbocycles. The van der Waals surface area contributed by atoms with Crippen LogP contribution in [-0.4, -0.2) is 26.1 Å². The number of carboxylic acids is 1. The molecule has 0 aliphatic heterocycles. The van der Waals surface area contributed by atoms with Crippen LogP contribution in [0.3, 0.4) is 0 Å². The first-order valence-electron chi connectivity index (χ1n) is 6.42. The molecule has 0 amide bonds. The Hall–Kier alpha value is -1.39. The minimum absolute atomic E-state index is 0.168. The molecule has 0 saturated heterocycles. The molecule has 5 nitrogen and oxygen atoms in total. The Morgan fingerprint density at radius 3 is 2.65 bits per heavy atom. The number of carbonyl (C=O) groups is 1. The van der Waals surface area contributed by atoms with Crippen molar-refractivity contribution in [3.63, 3.8) is 0 Å². The minimum atomic E-state index is -0.943. The lowest BCUT2D eigenvalue weighted by Crippen LogP contribution is -2.16. The maximum absolute atomic E-state index is 11.1. The van der Waals surface area contributed by atoms with Crippen LogP contribution in [0.2, 0.25) is 0 Å². The summed E-state index contributed by atoms with van der Waals surface area (Å²) in [5.74, 6) is 0.263. The molecule has 1 aromatic heterocycles. The average Bonchev–Trinajstić information content (AvgIpc) is 2.97. The monoisotopic (exact) mass is 235 g/mol. The number of aromatic nitrogens is 3. The van der Waals surface area contributed by atoms with Crippen molar-refractivity contribution in [3.8, 4) is 0 Å². The maximum Gasteiger partial charge on any atom is 0.358 e. The van der Waals surface area contributed by atoms with E-state index in [0.29, 0.717) is 5.92 Å². The van der Waals surface area contributed by atoms with Crippen molar-refractivity contribution in [2.45, 2.75) is 51.0 Å². The fraction of sp³-hybridized carbons (Fsp3) is 0.750. The standard InChI is InChI=1S/C12H17N3O2/c16-12(17)10-11(9-4-5-9)15(14-13-10)7-6-8-2-1-3-8/h8-9H,1-7H2,(H,16,17). The lowest BCUT2D eigenvalue weighted by molar-refractivity contribution is 0.0689. The second-order valence-corrected chi connectivity index (χ2v) is 5.21. The van der Waals surface area contributed by atoms with Gasteiger partial charge in [0.15, 0.2) is 5.69 Å². The van der Waals surface area contributed by atoms with Gasteiger partial charge in [-0.15, -0.1) is 5.10 Å². The summed E-state index contributed by atoms with van der Waals surface area (Å²) >= 11 is 0. The topological polar surface area (TPSA) is 68.0 Å². The molecule has 2 aliphatic carbocycles. The Morgan fingerprint density at radius 2 is 2.12 bits per heavy atom. The Balaban J connectivity index is 1.75. The van der Waals surface area contributed by atoms with E-state index in [1.54, 1.807) is 0 Å². The van der Waals surface area contributed by atoms with Gasteiger partial charge in [0, 0.05) is 12.5 Å². The molecule has 0 unspecified atom stereocenters. The summed E-state index contributed by atoms with van der Waals surface area (Å²) in [6.45, 7) is 0.830. The molecular formula is C12H17N3O2. The molecule has 0 spiro atoms. The summed E-state index contributed by atoms with van der Waals surface area (Å²) in [5, 5.41) is 16.9. The molecule has 17 heavy (non-hydrogen) atoms. The lowest BCUT2D eigenvalue weighted by Gasteiger charge is -2.25. The smallest absolute Gasteiger partial charge is 0.358 e. The fourth-order valence-electron chi connectivity index (χ4n) is 2.49. The maximum atomic E-state index is 11.1. The third-order valence-electron chi connectivity index (χ3n) is 3.91. The molecule has 0 bridgehead atoms. The largest absolute Gasteiger partial charge is 0.476 e. The van der Waals surface area contributed by atoms with Gasteiger partial charge in [-0.25, -0.2) is 9.48 Å². The predicted molar refractivity (Wildman–Crippen MR) is 60.9 cm³/mol. The average molecular weight is 235 g/mol. The van der Waals surface area contributed by atoms with Crippen molar-refractivity contribution in [2.75, 3.05) is 0 Å². The molecule has 1 heterocycles. The summed E-state index contributed by atoms with van der Waals surface area (Å²) in [7, 11) is 0. The Kier molecular flexibility index (Phi) is 2.61. The molecule has 1 N–H and O–H groups in total. The van der Waals surface area contributed by atoms with E-state index in [1.807, 2.05) is 4.68 Å². The van der Waals surface area contributed by atoms with Crippen molar-refractivity contribution in [2.24, 2.45) is 5.92 Å². The highest BCUT2D eigenvalue weighted by molar-refractivity contribution is 5.86. The molecule has 5 heteroatoms. The van der Waals surface area contributed by atoms with Crippen LogP contribution in [0.5, 0.6) is 0 Å². The Bertz CT molecular complexity index is 433. The quantitative estimate of drug-likeness (QED) is 0.848. The summed E-state index contributed by atoms with van der Waals surface area (Å²) in [4.78, 5) is 11.1. The van der Waals surface area contributed by atoms with Crippen LogP contribution >= 0.6 is 0 Å². The highest BCUT2D eigenvalue weighted by atomic mass is 16.4. The van der Waals surface area contributed by atoms with E-state index in [0.717, 1.165) is 37.4 Å². The third-order valence-corrected chi connectivity index (χ3v) is 3.91. The summed E-state index contributed by atoms with van der Waals surface area (Å²) in [6.07, 6.45) is 7.26. The molecule has 1 aromatic rings. The second kappa shape index (κ2) is 4.13. The first kappa shape index (κ1) is 10.7. The van der Waals surface area contributed by atoms with Gasteiger partial charge in [-0.05, 0) is 25.2 Å². The Morgan fingerprint density at radius 1 is 1.35 bits per heavy atom. The summed E-state index contributed by atoms with van der Waals surface area (Å²) in [6, 6.07) is 0. The lowest BCUT2D eigenvalue weighted by atomic mass is 9.83. The zero-order valence-electron chi connectivity index (χ0n) is 9.80. The second-order valence-electron chi connectivity index (χ2n) is 5.21. The normalized spacial score (nSPS) is 20.2. The first-order chi connectivity index (χ1) is 8.25. The number of aryl methyl sites for hydroxylation is 1. The van der Waals surface area contributed by atoms with Crippen molar-refractivity contribution < 1.29 is 9.90 Å². The van der Waals surface area contributed by atoms with Crippen molar-refractivity contribution in [3.05, 3.63) is 11.4 Å². The van der Waals surface area contributed by atoms with E-state index < -0.39 is 5.97 Å². The summed E-state index contributed by atoms with van der Waals surface area (Å²) < 4.78 is 1.83. The molecule has 2 fully saturated rings. The number of rotatable bonds is 5. The number of nitrogens with zero attached hydrogens (tertiary/aromatic N) is 3. The van der Waals surface area contributed by atoms with Gasteiger partial charge in [0.1, 0.15) is 0 Å². The van der Waals surface area contributed by atoms with E-state index in [1.165, 1.54) is 19.3 Å². The zero-order valence-corrected chi connectivity index (χ0v) is 9.80. The van der Waals surface area contributed by atoms with Crippen molar-refractivity contribution in [1.82, 2.24) is 15.0 Å². The van der Waals surface area contributed by atoms with E-state index in [-0.39, 0.29) is 5.69 Å². The van der Waals surface area contributed by atoms with Gasteiger partial charge < -0.3 is 5.11 Å². The van der Waals surface area contributed by atoms with Gasteiger partial charge in [-0.1, -0.05) is 24.5 Å². The molecular weight excluding hydrogens is 218 g/mol. The number of carboxylic acid groups (broad SMARTS) is 1. The number of hydrogen-bond donors (Lipinski definition) is 1. The minimum Gasteiger partial charge on any atom is -0.476 e. The third kappa shape index (κ3) is 2.06. The molecule has 3 rings (SSSR count). The van der Waals surface area contributed by atoms with Crippen LogP contribution < -0.4 is 0 Å². The summed E-state index contributed by atoms with van der Waals surface area (Å²) in [5.41, 5.74) is 1.03. The van der Waals surface area contributed by atoms with Crippen LogP contribution in [-0.2, 0) is 6.54 Å². The zero-order chi connectivity index (χ0) is 11.8. The predicted octanol–water partition coefficient (Wildman–Crippen LogP) is 2.04. The van der Waals surface area contributed by atoms with Crippen LogP contribution in [0.4, 0.5) is 0 Å². The van der Waals surface area contributed by atoms with Crippen LogP contribution in [0.15, 0.2) is 0 Å². The highest BCUT2D eigenvalue weighted by Gasteiger charge is 2.33. The van der Waals surface area contributed by atoms with Crippen LogP contribution in [0.1, 0.15) is 60.6 Å². The Labute approximate surface area is 99.8 Å². The molecule has 0 aromatic carbocycles. The number of aromatic carboxylic acids is 1. The van der Waals surface area contributed by atoms with E-state index in [4.69, 9.17) is 5.11 Å². The van der Waals surface area contributed by atoms with Crippen molar-refractivity contribution in [1.29, 1.82) is 0 Å². The molecule has 2 aliphatic rings. The fourth-order valence-corrected chi connectivity index (χ4v) is 2.49. The van der Waals surface area contributed by atoms with Crippen molar-refractivity contribution >= 4 is 5.97 Å².